The molecule has 0 unspecified atom stereocenters. The van der Waals surface area contributed by atoms with Gasteiger partial charge in [-0.3, -0.25) is 20.4 Å². The van der Waals surface area contributed by atoms with Gasteiger partial charge >= 0.3 is 0 Å². The smallest absolute Gasteiger partial charge is 0.273 e. The Bertz CT molecular complexity index is 404. The number of carbonyl (C=O) groups is 2. The monoisotopic (exact) mass is 236 g/mol. The van der Waals surface area contributed by atoms with Crippen LogP contribution >= 0.6 is 0 Å². The van der Waals surface area contributed by atoms with Gasteiger partial charge in [0, 0.05) is 6.42 Å². The molecule has 0 saturated carbocycles. The Morgan fingerprint density at radius 2 is 1.94 bits per heavy atom. The molecule has 0 aliphatic heterocycles. The maximum Gasteiger partial charge on any atom is 0.273 e. The van der Waals surface area contributed by atoms with E-state index in [1.807, 2.05) is 6.92 Å². The largest absolute Gasteiger partial charge is 0.507 e. The van der Waals surface area contributed by atoms with Crippen LogP contribution < -0.4 is 10.9 Å². The van der Waals surface area contributed by atoms with Gasteiger partial charge in [-0.1, -0.05) is 25.5 Å². The molecule has 0 aromatic heterocycles. The summed E-state index contributed by atoms with van der Waals surface area (Å²) in [5.74, 6) is -0.892. The molecular weight excluding hydrogens is 220 g/mol. The quantitative estimate of drug-likeness (QED) is 0.690. The van der Waals surface area contributed by atoms with Gasteiger partial charge in [-0.25, -0.2) is 0 Å². The molecule has 0 saturated heterocycles. The highest BCUT2D eigenvalue weighted by Gasteiger charge is 2.10. The predicted molar refractivity (Wildman–Crippen MR) is 63.2 cm³/mol. The molecule has 2 amide bonds. The number of hydrazine groups is 1. The number of phenolic OH excluding ortho intramolecular Hbond substituents is 1. The molecule has 3 N–H and O–H groups in total. The van der Waals surface area contributed by atoms with Crippen molar-refractivity contribution >= 4 is 11.8 Å². The van der Waals surface area contributed by atoms with E-state index in [1.165, 1.54) is 12.1 Å². The first-order chi connectivity index (χ1) is 8.15. The van der Waals surface area contributed by atoms with E-state index >= 15 is 0 Å². The summed E-state index contributed by atoms with van der Waals surface area (Å²) in [4.78, 5) is 22.8. The Labute approximate surface area is 99.8 Å². The SMILES string of the molecule is CCCCC(=O)NNC(=O)c1ccccc1O. The van der Waals surface area contributed by atoms with Gasteiger partial charge in [-0.05, 0) is 18.6 Å². The lowest BCUT2D eigenvalue weighted by atomic mass is 10.2. The van der Waals surface area contributed by atoms with E-state index in [0.29, 0.717) is 6.42 Å². The maximum atomic E-state index is 11.6. The third kappa shape index (κ3) is 4.14. The fraction of sp³-hybridized carbons (Fsp3) is 0.333. The van der Waals surface area contributed by atoms with Gasteiger partial charge in [0.1, 0.15) is 5.75 Å². The van der Waals surface area contributed by atoms with E-state index < -0.39 is 5.91 Å². The lowest BCUT2D eigenvalue weighted by molar-refractivity contribution is -0.121. The van der Waals surface area contributed by atoms with E-state index in [-0.39, 0.29) is 17.2 Å². The molecule has 5 nitrogen and oxygen atoms in total. The minimum Gasteiger partial charge on any atom is -0.507 e. The van der Waals surface area contributed by atoms with Crippen molar-refractivity contribution in [2.24, 2.45) is 0 Å². The molecule has 0 fully saturated rings. The first-order valence-electron chi connectivity index (χ1n) is 5.52. The summed E-state index contributed by atoms with van der Waals surface area (Å²) in [5, 5.41) is 9.41. The third-order valence-corrected chi connectivity index (χ3v) is 2.22. The summed E-state index contributed by atoms with van der Waals surface area (Å²) in [5.41, 5.74) is 4.67. The van der Waals surface area contributed by atoms with Crippen LogP contribution in [0, 0.1) is 0 Å². The molecule has 0 aliphatic rings. The van der Waals surface area contributed by atoms with Crippen LogP contribution in [0.5, 0.6) is 5.75 Å². The van der Waals surface area contributed by atoms with Crippen molar-refractivity contribution in [3.8, 4) is 5.75 Å². The summed E-state index contributed by atoms with van der Waals surface area (Å²) >= 11 is 0. The maximum absolute atomic E-state index is 11.6. The molecule has 1 aromatic rings. The summed E-state index contributed by atoms with van der Waals surface area (Å²) in [6.45, 7) is 1.98. The van der Waals surface area contributed by atoms with Crippen LogP contribution in [0.3, 0.4) is 0 Å². The molecule has 0 heterocycles. The minimum absolute atomic E-state index is 0.118. The molecule has 1 aromatic carbocycles. The lowest BCUT2D eigenvalue weighted by Crippen LogP contribution is -2.41. The van der Waals surface area contributed by atoms with E-state index in [4.69, 9.17) is 0 Å². The number of phenols is 1. The van der Waals surface area contributed by atoms with Crippen molar-refractivity contribution < 1.29 is 14.7 Å². The highest BCUT2D eigenvalue weighted by Crippen LogP contribution is 2.14. The zero-order chi connectivity index (χ0) is 12.7. The molecular formula is C12H16N2O3. The van der Waals surface area contributed by atoms with E-state index in [1.54, 1.807) is 12.1 Å². The number of nitrogens with one attached hydrogen (secondary N) is 2. The standard InChI is InChI=1S/C12H16N2O3/c1-2-3-8-11(16)13-14-12(17)9-6-4-5-7-10(9)15/h4-7,15H,2-3,8H2,1H3,(H,13,16)(H,14,17). The van der Waals surface area contributed by atoms with Crippen LogP contribution in [0.4, 0.5) is 0 Å². The van der Waals surface area contributed by atoms with Gasteiger partial charge in [-0.2, -0.15) is 0 Å². The van der Waals surface area contributed by atoms with Crippen LogP contribution in [-0.4, -0.2) is 16.9 Å². The van der Waals surface area contributed by atoms with Crippen molar-refractivity contribution in [1.82, 2.24) is 10.9 Å². The molecule has 1 rings (SSSR count). The van der Waals surface area contributed by atoms with Crippen molar-refractivity contribution in [3.63, 3.8) is 0 Å². The normalized spacial score (nSPS) is 9.71. The average molecular weight is 236 g/mol. The zero-order valence-electron chi connectivity index (χ0n) is 9.69. The van der Waals surface area contributed by atoms with Crippen molar-refractivity contribution in [1.29, 1.82) is 0 Å². The molecule has 92 valence electrons. The fourth-order valence-electron chi connectivity index (χ4n) is 1.26. The summed E-state index contributed by atoms with van der Waals surface area (Å²) in [6.07, 6.45) is 2.07. The number of para-hydroxylation sites is 1. The van der Waals surface area contributed by atoms with E-state index in [2.05, 4.69) is 10.9 Å². The van der Waals surface area contributed by atoms with Gasteiger partial charge in [0.25, 0.3) is 5.91 Å². The summed E-state index contributed by atoms with van der Waals surface area (Å²) in [7, 11) is 0. The number of aromatic hydroxyl groups is 1. The predicted octanol–water partition coefficient (Wildman–Crippen LogP) is 1.34. The number of rotatable bonds is 4. The number of hydrogen-bond acceptors (Lipinski definition) is 3. The number of hydrogen-bond donors (Lipinski definition) is 3. The van der Waals surface area contributed by atoms with E-state index in [0.717, 1.165) is 12.8 Å². The topological polar surface area (TPSA) is 78.4 Å². The number of carbonyl (C=O) groups excluding carboxylic acids is 2. The Kier molecular flexibility index (Phi) is 5.00. The first kappa shape index (κ1) is 13.0. The van der Waals surface area contributed by atoms with Gasteiger partial charge in [0.2, 0.25) is 5.91 Å². The number of amides is 2. The first-order valence-corrected chi connectivity index (χ1v) is 5.52. The average Bonchev–Trinajstić information content (AvgIpc) is 2.34. The fourth-order valence-corrected chi connectivity index (χ4v) is 1.26. The van der Waals surface area contributed by atoms with Gasteiger partial charge in [0.05, 0.1) is 5.56 Å². The molecule has 0 bridgehead atoms. The minimum atomic E-state index is -0.534. The van der Waals surface area contributed by atoms with Crippen molar-refractivity contribution in [2.75, 3.05) is 0 Å². The Morgan fingerprint density at radius 1 is 1.24 bits per heavy atom. The van der Waals surface area contributed by atoms with Gasteiger partial charge in [-0.15, -0.1) is 0 Å². The Morgan fingerprint density at radius 3 is 2.59 bits per heavy atom. The van der Waals surface area contributed by atoms with Crippen molar-refractivity contribution in [2.45, 2.75) is 26.2 Å². The second-order valence-electron chi connectivity index (χ2n) is 3.62. The molecule has 17 heavy (non-hydrogen) atoms. The molecule has 0 aliphatic carbocycles. The molecule has 5 heteroatoms. The molecule has 0 atom stereocenters. The lowest BCUT2D eigenvalue weighted by Gasteiger charge is -2.07. The van der Waals surface area contributed by atoms with Crippen LogP contribution in [0.2, 0.25) is 0 Å². The van der Waals surface area contributed by atoms with Crippen LogP contribution in [0.25, 0.3) is 0 Å². The number of benzene rings is 1. The Hall–Kier alpha value is -2.04. The van der Waals surface area contributed by atoms with Gasteiger partial charge < -0.3 is 5.11 Å². The van der Waals surface area contributed by atoms with Crippen LogP contribution in [-0.2, 0) is 4.79 Å². The van der Waals surface area contributed by atoms with Gasteiger partial charge in [0.15, 0.2) is 0 Å². The van der Waals surface area contributed by atoms with E-state index in [9.17, 15) is 14.7 Å². The van der Waals surface area contributed by atoms with Crippen molar-refractivity contribution in [3.05, 3.63) is 29.8 Å². The highest BCUT2D eigenvalue weighted by molar-refractivity contribution is 5.97. The van der Waals surface area contributed by atoms with Crippen LogP contribution in [0.15, 0.2) is 24.3 Å². The zero-order valence-corrected chi connectivity index (χ0v) is 9.69. The molecule has 0 radical (unpaired) electrons. The number of unbranched alkanes of at least 4 members (excludes halogenated alkanes) is 1. The Balaban J connectivity index is 2.45. The highest BCUT2D eigenvalue weighted by atomic mass is 16.3. The summed E-state index contributed by atoms with van der Waals surface area (Å²) < 4.78 is 0. The second kappa shape index (κ2) is 6.52. The van der Waals surface area contributed by atoms with Crippen LogP contribution in [0.1, 0.15) is 36.5 Å². The second-order valence-corrected chi connectivity index (χ2v) is 3.62. The summed E-state index contributed by atoms with van der Waals surface area (Å²) in [6, 6.07) is 6.14. The third-order valence-electron chi connectivity index (χ3n) is 2.22. The molecule has 0 spiro atoms.